The monoisotopic (exact) mass is 271 g/mol. The molecule has 0 aliphatic carbocycles. The van der Waals surface area contributed by atoms with Crippen LogP contribution >= 0.6 is 0 Å². The first-order valence-corrected chi connectivity index (χ1v) is 6.33. The molecule has 0 aromatic heterocycles. The Labute approximate surface area is 112 Å². The Bertz CT molecular complexity index is 346. The van der Waals surface area contributed by atoms with Crippen molar-refractivity contribution in [1.82, 2.24) is 9.80 Å². The van der Waals surface area contributed by atoms with Gasteiger partial charge in [-0.25, -0.2) is 4.79 Å². The number of carboxylic acids is 1. The molecule has 0 bridgehead atoms. The number of carboxylic acid groups (broad SMARTS) is 1. The summed E-state index contributed by atoms with van der Waals surface area (Å²) < 4.78 is 0. The van der Waals surface area contributed by atoms with E-state index in [1.54, 1.807) is 4.90 Å². The summed E-state index contributed by atoms with van der Waals surface area (Å²) in [6.07, 6.45) is 1.04. The number of amides is 3. The first-order chi connectivity index (χ1) is 8.79. The van der Waals surface area contributed by atoms with E-state index in [1.807, 2.05) is 13.8 Å². The predicted molar refractivity (Wildman–Crippen MR) is 68.3 cm³/mol. The molecule has 0 spiro atoms. The number of carbonyl (C=O) groups excluding carboxylic acids is 2. The van der Waals surface area contributed by atoms with Gasteiger partial charge in [0.25, 0.3) is 0 Å². The maximum atomic E-state index is 12.2. The number of rotatable bonds is 4. The molecule has 2 unspecified atom stereocenters. The molecule has 0 aromatic carbocycles. The molecule has 7 nitrogen and oxygen atoms in total. The molecule has 0 saturated carbocycles. The summed E-state index contributed by atoms with van der Waals surface area (Å²) in [5.74, 6) is -1.14. The zero-order valence-corrected chi connectivity index (χ0v) is 11.3. The summed E-state index contributed by atoms with van der Waals surface area (Å²) in [7, 11) is 0. The van der Waals surface area contributed by atoms with Crippen LogP contribution in [0.1, 0.15) is 20.3 Å². The van der Waals surface area contributed by atoms with Gasteiger partial charge in [-0.05, 0) is 18.3 Å². The van der Waals surface area contributed by atoms with Gasteiger partial charge >= 0.3 is 12.0 Å². The van der Waals surface area contributed by atoms with Crippen LogP contribution in [0.2, 0.25) is 0 Å². The summed E-state index contributed by atoms with van der Waals surface area (Å²) in [6.45, 7) is 4.37. The van der Waals surface area contributed by atoms with Crippen molar-refractivity contribution in [3.63, 3.8) is 0 Å². The van der Waals surface area contributed by atoms with Gasteiger partial charge in [0.05, 0.1) is 0 Å². The molecule has 1 rings (SSSR count). The highest BCUT2D eigenvalue weighted by molar-refractivity contribution is 5.86. The molecule has 1 heterocycles. The summed E-state index contributed by atoms with van der Waals surface area (Å²) >= 11 is 0. The molecule has 2 atom stereocenters. The molecule has 1 aliphatic rings. The number of carbonyl (C=O) groups is 3. The van der Waals surface area contributed by atoms with E-state index in [-0.39, 0.29) is 6.54 Å². The van der Waals surface area contributed by atoms with Gasteiger partial charge in [-0.15, -0.1) is 0 Å². The summed E-state index contributed by atoms with van der Waals surface area (Å²) in [5, 5.41) is 8.78. The Morgan fingerprint density at radius 1 is 1.21 bits per heavy atom. The number of urea groups is 1. The summed E-state index contributed by atoms with van der Waals surface area (Å²) in [5.41, 5.74) is 5.05. The van der Waals surface area contributed by atoms with Crippen LogP contribution < -0.4 is 5.73 Å². The number of nitrogens with zero attached hydrogens (tertiary/aromatic N) is 2. The maximum absolute atomic E-state index is 12.2. The van der Waals surface area contributed by atoms with Crippen molar-refractivity contribution in [2.75, 3.05) is 26.2 Å². The number of nitrogens with two attached hydrogens (primary N) is 1. The van der Waals surface area contributed by atoms with Gasteiger partial charge in [0.1, 0.15) is 13.1 Å². The van der Waals surface area contributed by atoms with Crippen LogP contribution in [0.5, 0.6) is 0 Å². The van der Waals surface area contributed by atoms with Crippen molar-refractivity contribution in [3.8, 4) is 0 Å². The number of hydrogen-bond acceptors (Lipinski definition) is 3. The highest BCUT2D eigenvalue weighted by Gasteiger charge is 2.29. The van der Waals surface area contributed by atoms with Crippen LogP contribution in [-0.2, 0) is 9.59 Å². The van der Waals surface area contributed by atoms with E-state index in [0.717, 1.165) is 11.3 Å². The van der Waals surface area contributed by atoms with Crippen molar-refractivity contribution in [3.05, 3.63) is 0 Å². The minimum Gasteiger partial charge on any atom is -0.480 e. The Hall–Kier alpha value is -1.79. The number of piperidine rings is 1. The molecule has 3 N–H and O–H groups in total. The van der Waals surface area contributed by atoms with E-state index in [2.05, 4.69) is 0 Å². The fourth-order valence-electron chi connectivity index (χ4n) is 2.56. The van der Waals surface area contributed by atoms with Gasteiger partial charge in [-0.1, -0.05) is 13.8 Å². The molecule has 7 heteroatoms. The van der Waals surface area contributed by atoms with E-state index in [9.17, 15) is 14.4 Å². The van der Waals surface area contributed by atoms with E-state index in [1.165, 1.54) is 0 Å². The third-order valence-corrected chi connectivity index (χ3v) is 3.08. The van der Waals surface area contributed by atoms with Crippen molar-refractivity contribution in [2.24, 2.45) is 17.6 Å². The standard InChI is InChI=1S/C12H21N3O4/c1-8-3-9(2)5-14(4-8)12(19)15(6-10(13)16)7-11(17)18/h8-9H,3-7H2,1-2H3,(H2,13,16)(H,17,18). The van der Waals surface area contributed by atoms with Gasteiger partial charge in [0.2, 0.25) is 5.91 Å². The van der Waals surface area contributed by atoms with Gasteiger partial charge in [-0.2, -0.15) is 0 Å². The second-order valence-electron chi connectivity index (χ2n) is 5.35. The van der Waals surface area contributed by atoms with Crippen molar-refractivity contribution < 1.29 is 19.5 Å². The zero-order chi connectivity index (χ0) is 14.6. The highest BCUT2D eigenvalue weighted by Crippen LogP contribution is 2.21. The quantitative estimate of drug-likeness (QED) is 0.748. The van der Waals surface area contributed by atoms with Crippen molar-refractivity contribution in [1.29, 1.82) is 0 Å². The van der Waals surface area contributed by atoms with E-state index < -0.39 is 24.5 Å². The lowest BCUT2D eigenvalue weighted by molar-refractivity contribution is -0.138. The second kappa shape index (κ2) is 6.40. The SMILES string of the molecule is CC1CC(C)CN(C(=O)N(CC(N)=O)CC(=O)O)C1. The van der Waals surface area contributed by atoms with Crippen LogP contribution in [0.4, 0.5) is 4.79 Å². The molecular formula is C12H21N3O4. The van der Waals surface area contributed by atoms with Gasteiger partial charge in [0.15, 0.2) is 0 Å². The third kappa shape index (κ3) is 4.76. The Kier molecular flexibility index (Phi) is 5.14. The average Bonchev–Trinajstić information content (AvgIpc) is 2.24. The Morgan fingerprint density at radius 3 is 2.16 bits per heavy atom. The minimum atomic E-state index is -1.16. The average molecular weight is 271 g/mol. The van der Waals surface area contributed by atoms with Crippen molar-refractivity contribution in [2.45, 2.75) is 20.3 Å². The van der Waals surface area contributed by atoms with E-state index in [0.29, 0.717) is 24.9 Å². The smallest absolute Gasteiger partial charge is 0.323 e. The topological polar surface area (TPSA) is 104 Å². The zero-order valence-electron chi connectivity index (χ0n) is 11.3. The van der Waals surface area contributed by atoms with Crippen LogP contribution in [0.3, 0.4) is 0 Å². The molecule has 108 valence electrons. The lowest BCUT2D eigenvalue weighted by Gasteiger charge is -2.37. The lowest BCUT2D eigenvalue weighted by atomic mass is 9.92. The molecule has 19 heavy (non-hydrogen) atoms. The molecule has 1 aliphatic heterocycles. The predicted octanol–water partition coefficient (Wildman–Crippen LogP) is -0.0438. The first kappa shape index (κ1) is 15.3. The van der Waals surface area contributed by atoms with E-state index in [4.69, 9.17) is 10.8 Å². The molecule has 1 fully saturated rings. The molecular weight excluding hydrogens is 250 g/mol. The number of hydrogen-bond donors (Lipinski definition) is 2. The Morgan fingerprint density at radius 2 is 1.74 bits per heavy atom. The van der Waals surface area contributed by atoms with E-state index >= 15 is 0 Å². The molecule has 1 saturated heterocycles. The first-order valence-electron chi connectivity index (χ1n) is 6.33. The summed E-state index contributed by atoms with van der Waals surface area (Å²) in [6, 6.07) is -0.431. The molecule has 3 amide bonds. The van der Waals surface area contributed by atoms with Crippen LogP contribution in [-0.4, -0.2) is 59.0 Å². The summed E-state index contributed by atoms with van der Waals surface area (Å²) in [4.78, 5) is 36.5. The number of primary amides is 1. The fraction of sp³-hybridized carbons (Fsp3) is 0.750. The van der Waals surface area contributed by atoms with Gasteiger partial charge in [0, 0.05) is 13.1 Å². The maximum Gasteiger partial charge on any atom is 0.323 e. The largest absolute Gasteiger partial charge is 0.480 e. The second-order valence-corrected chi connectivity index (χ2v) is 5.35. The van der Waals surface area contributed by atoms with Gasteiger partial charge in [-0.3, -0.25) is 9.59 Å². The Balaban J connectivity index is 2.74. The number of likely N-dealkylation sites (tertiary alicyclic amines) is 1. The van der Waals surface area contributed by atoms with Crippen molar-refractivity contribution >= 4 is 17.9 Å². The highest BCUT2D eigenvalue weighted by atomic mass is 16.4. The normalized spacial score (nSPS) is 22.9. The lowest BCUT2D eigenvalue weighted by Crippen LogP contribution is -2.52. The molecule has 0 radical (unpaired) electrons. The van der Waals surface area contributed by atoms with Gasteiger partial charge < -0.3 is 20.6 Å². The van der Waals surface area contributed by atoms with Crippen LogP contribution in [0, 0.1) is 11.8 Å². The van der Waals surface area contributed by atoms with Crippen LogP contribution in [0.25, 0.3) is 0 Å². The number of aliphatic carboxylic acids is 1. The fourth-order valence-corrected chi connectivity index (χ4v) is 2.56. The van der Waals surface area contributed by atoms with Crippen LogP contribution in [0.15, 0.2) is 0 Å². The third-order valence-electron chi connectivity index (χ3n) is 3.08. The minimum absolute atomic E-state index is 0.368. The molecule has 0 aromatic rings.